The molecule has 0 atom stereocenters. The second-order valence-electron chi connectivity index (χ2n) is 6.27. The third kappa shape index (κ3) is 3.86. The van der Waals surface area contributed by atoms with E-state index < -0.39 is 0 Å². The van der Waals surface area contributed by atoms with Gasteiger partial charge in [0.05, 0.1) is 19.2 Å². The Morgan fingerprint density at radius 2 is 2.05 bits per heavy atom. The molecule has 0 unspecified atom stereocenters. The Morgan fingerprint density at radius 1 is 1.33 bits per heavy atom. The van der Waals surface area contributed by atoms with Gasteiger partial charge in [0.2, 0.25) is 5.91 Å². The molecule has 1 aliphatic heterocycles. The van der Waals surface area contributed by atoms with Crippen LogP contribution in [0.15, 0.2) is 16.5 Å². The molecule has 1 aromatic heterocycles. The highest BCUT2D eigenvalue weighted by Gasteiger charge is 2.34. The predicted molar refractivity (Wildman–Crippen MR) is 78.7 cm³/mol. The van der Waals surface area contributed by atoms with Crippen LogP contribution in [0.25, 0.3) is 0 Å². The van der Waals surface area contributed by atoms with Gasteiger partial charge < -0.3 is 14.4 Å². The van der Waals surface area contributed by atoms with Crippen molar-refractivity contribution in [1.29, 1.82) is 0 Å². The molecule has 2 heterocycles. The molecule has 0 radical (unpaired) electrons. The first kappa shape index (κ1) is 14.6. The summed E-state index contributed by atoms with van der Waals surface area (Å²) in [6.45, 7) is 4.58. The van der Waals surface area contributed by atoms with Crippen LogP contribution in [0, 0.1) is 6.92 Å². The number of aliphatic hydroxyl groups excluding tert-OH is 1. The fourth-order valence-electron chi connectivity index (χ4n) is 2.90. The molecule has 3 rings (SSSR count). The standard InChI is InChI=1S/C16H24N2O3/c1-12-2-5-15(21-12)10-18(13-3-4-13)16(20)11-17-8-6-14(19)7-9-17/h2,5,13-14,19H,3-4,6-11H2,1H3. The number of nitrogens with zero attached hydrogens (tertiary/aromatic N) is 2. The van der Waals surface area contributed by atoms with E-state index in [0.29, 0.717) is 19.1 Å². The van der Waals surface area contributed by atoms with Crippen molar-refractivity contribution in [3.63, 3.8) is 0 Å². The molecule has 1 amide bonds. The molecule has 0 spiro atoms. The highest BCUT2D eigenvalue weighted by molar-refractivity contribution is 5.79. The smallest absolute Gasteiger partial charge is 0.237 e. The Labute approximate surface area is 125 Å². The summed E-state index contributed by atoms with van der Waals surface area (Å²) in [4.78, 5) is 16.7. The quantitative estimate of drug-likeness (QED) is 0.894. The van der Waals surface area contributed by atoms with Gasteiger partial charge in [-0.3, -0.25) is 9.69 Å². The van der Waals surface area contributed by atoms with E-state index in [1.54, 1.807) is 0 Å². The summed E-state index contributed by atoms with van der Waals surface area (Å²) in [5.74, 6) is 1.93. The van der Waals surface area contributed by atoms with Crippen molar-refractivity contribution >= 4 is 5.91 Å². The Hall–Kier alpha value is -1.33. The van der Waals surface area contributed by atoms with E-state index in [1.165, 1.54) is 0 Å². The molecule has 5 nitrogen and oxygen atoms in total. The third-order valence-electron chi connectivity index (χ3n) is 4.35. The van der Waals surface area contributed by atoms with E-state index in [9.17, 15) is 9.90 Å². The van der Waals surface area contributed by atoms with Gasteiger partial charge in [0.1, 0.15) is 11.5 Å². The van der Waals surface area contributed by atoms with Crippen LogP contribution >= 0.6 is 0 Å². The zero-order valence-electron chi connectivity index (χ0n) is 12.6. The minimum Gasteiger partial charge on any atom is -0.464 e. The number of furan rings is 1. The van der Waals surface area contributed by atoms with Crippen LogP contribution < -0.4 is 0 Å². The molecule has 116 valence electrons. The van der Waals surface area contributed by atoms with Crippen LogP contribution in [0.1, 0.15) is 37.2 Å². The molecule has 0 aromatic carbocycles. The number of hydrogen-bond donors (Lipinski definition) is 1. The van der Waals surface area contributed by atoms with Gasteiger partial charge in [-0.15, -0.1) is 0 Å². The van der Waals surface area contributed by atoms with Gasteiger partial charge in [-0.2, -0.15) is 0 Å². The first-order valence-electron chi connectivity index (χ1n) is 7.87. The van der Waals surface area contributed by atoms with Crippen LogP contribution in [-0.4, -0.2) is 52.6 Å². The number of aryl methyl sites for hydroxylation is 1. The lowest BCUT2D eigenvalue weighted by Gasteiger charge is -2.31. The number of carbonyl (C=O) groups excluding carboxylic acids is 1. The van der Waals surface area contributed by atoms with E-state index >= 15 is 0 Å². The first-order chi connectivity index (χ1) is 10.1. The van der Waals surface area contributed by atoms with Crippen LogP contribution in [0.4, 0.5) is 0 Å². The van der Waals surface area contributed by atoms with Crippen LogP contribution in [0.3, 0.4) is 0 Å². The topological polar surface area (TPSA) is 56.9 Å². The van der Waals surface area contributed by atoms with E-state index in [2.05, 4.69) is 4.90 Å². The summed E-state index contributed by atoms with van der Waals surface area (Å²) in [5, 5.41) is 9.53. The fraction of sp³-hybridized carbons (Fsp3) is 0.688. The van der Waals surface area contributed by atoms with Gasteiger partial charge in [-0.25, -0.2) is 0 Å². The number of aliphatic hydroxyl groups is 1. The van der Waals surface area contributed by atoms with Crippen molar-refractivity contribution in [1.82, 2.24) is 9.80 Å². The molecule has 21 heavy (non-hydrogen) atoms. The highest BCUT2D eigenvalue weighted by atomic mass is 16.3. The average molecular weight is 292 g/mol. The molecule has 1 aliphatic carbocycles. The molecule has 5 heteroatoms. The molecular formula is C16H24N2O3. The molecule has 2 aliphatic rings. The Kier molecular flexibility index (Phi) is 4.31. The molecule has 1 aromatic rings. The van der Waals surface area contributed by atoms with Crippen molar-refractivity contribution in [2.75, 3.05) is 19.6 Å². The van der Waals surface area contributed by atoms with E-state index in [0.717, 1.165) is 50.3 Å². The molecular weight excluding hydrogens is 268 g/mol. The van der Waals surface area contributed by atoms with Gasteiger partial charge in [-0.05, 0) is 44.7 Å². The lowest BCUT2D eigenvalue weighted by molar-refractivity contribution is -0.134. The number of amides is 1. The maximum atomic E-state index is 12.6. The maximum absolute atomic E-state index is 12.6. The lowest BCUT2D eigenvalue weighted by Crippen LogP contribution is -2.44. The van der Waals surface area contributed by atoms with Gasteiger partial charge >= 0.3 is 0 Å². The number of likely N-dealkylation sites (tertiary alicyclic amines) is 1. The molecule has 0 bridgehead atoms. The van der Waals surface area contributed by atoms with Crippen molar-refractivity contribution < 1.29 is 14.3 Å². The van der Waals surface area contributed by atoms with Gasteiger partial charge in [0.25, 0.3) is 0 Å². The fourth-order valence-corrected chi connectivity index (χ4v) is 2.90. The molecule has 1 saturated heterocycles. The van der Waals surface area contributed by atoms with Crippen molar-refractivity contribution in [2.45, 2.75) is 51.3 Å². The summed E-state index contributed by atoms with van der Waals surface area (Å²) >= 11 is 0. The summed E-state index contributed by atoms with van der Waals surface area (Å²) in [7, 11) is 0. The second-order valence-corrected chi connectivity index (χ2v) is 6.27. The largest absolute Gasteiger partial charge is 0.464 e. The van der Waals surface area contributed by atoms with Gasteiger partial charge in [-0.1, -0.05) is 0 Å². The highest BCUT2D eigenvalue weighted by Crippen LogP contribution is 2.29. The van der Waals surface area contributed by atoms with E-state index in [-0.39, 0.29) is 12.0 Å². The number of carbonyl (C=O) groups is 1. The van der Waals surface area contributed by atoms with Gasteiger partial charge in [0, 0.05) is 19.1 Å². The second kappa shape index (κ2) is 6.20. The van der Waals surface area contributed by atoms with Crippen LogP contribution in [0.5, 0.6) is 0 Å². The Bertz CT molecular complexity index is 487. The van der Waals surface area contributed by atoms with Crippen molar-refractivity contribution in [3.05, 3.63) is 23.7 Å². The minimum absolute atomic E-state index is 0.183. The monoisotopic (exact) mass is 292 g/mol. The van der Waals surface area contributed by atoms with Gasteiger partial charge in [0.15, 0.2) is 0 Å². The molecule has 1 saturated carbocycles. The average Bonchev–Trinajstić information content (AvgIpc) is 3.21. The Balaban J connectivity index is 1.57. The molecule has 2 fully saturated rings. The summed E-state index contributed by atoms with van der Waals surface area (Å²) in [6.07, 6.45) is 3.55. The van der Waals surface area contributed by atoms with E-state index in [1.807, 2.05) is 24.0 Å². The van der Waals surface area contributed by atoms with Crippen LogP contribution in [-0.2, 0) is 11.3 Å². The number of rotatable bonds is 5. The first-order valence-corrected chi connectivity index (χ1v) is 7.87. The van der Waals surface area contributed by atoms with Crippen molar-refractivity contribution in [2.24, 2.45) is 0 Å². The number of piperidine rings is 1. The predicted octanol–water partition coefficient (Wildman–Crippen LogP) is 1.54. The lowest BCUT2D eigenvalue weighted by atomic mass is 10.1. The summed E-state index contributed by atoms with van der Waals surface area (Å²) in [6, 6.07) is 4.28. The normalized spacial score (nSPS) is 20.7. The number of hydrogen-bond acceptors (Lipinski definition) is 4. The Morgan fingerprint density at radius 3 is 2.62 bits per heavy atom. The minimum atomic E-state index is -0.193. The summed E-state index contributed by atoms with van der Waals surface area (Å²) in [5.41, 5.74) is 0. The summed E-state index contributed by atoms with van der Waals surface area (Å²) < 4.78 is 5.61. The van der Waals surface area contributed by atoms with Crippen molar-refractivity contribution in [3.8, 4) is 0 Å². The SMILES string of the molecule is Cc1ccc(CN(C(=O)CN2CCC(O)CC2)C2CC2)o1. The molecule has 1 N–H and O–H groups in total. The third-order valence-corrected chi connectivity index (χ3v) is 4.35. The maximum Gasteiger partial charge on any atom is 0.237 e. The zero-order valence-corrected chi connectivity index (χ0v) is 12.6. The van der Waals surface area contributed by atoms with E-state index in [4.69, 9.17) is 4.42 Å². The van der Waals surface area contributed by atoms with Crippen LogP contribution in [0.2, 0.25) is 0 Å². The zero-order chi connectivity index (χ0) is 14.8.